The van der Waals surface area contributed by atoms with Gasteiger partial charge in [-0.2, -0.15) is 0 Å². The molecule has 24 heavy (non-hydrogen) atoms. The lowest BCUT2D eigenvalue weighted by Crippen LogP contribution is -2.52. The molecule has 126 valence electrons. The van der Waals surface area contributed by atoms with Gasteiger partial charge >= 0.3 is 0 Å². The van der Waals surface area contributed by atoms with Gasteiger partial charge in [-0.1, -0.05) is 35.9 Å². The molecular formula is C19H22ClN3O. The summed E-state index contributed by atoms with van der Waals surface area (Å²) < 4.78 is 0. The van der Waals surface area contributed by atoms with Gasteiger partial charge in [0.05, 0.1) is 6.04 Å². The van der Waals surface area contributed by atoms with Crippen LogP contribution < -0.4 is 10.2 Å². The molecule has 0 aliphatic carbocycles. The van der Waals surface area contributed by atoms with E-state index < -0.39 is 0 Å². The number of anilines is 2. The Hall–Kier alpha value is -2.04. The standard InChI is InChI=1S/C19H22ClN3O/c1-15(19(24)21-17-7-5-6-16(20)14-17)22-10-12-23(13-11-22)18-8-3-2-4-9-18/h2-9,14-15H,10-13H2,1H3,(H,21,24)/t15-/m0/s1. The molecule has 0 aromatic heterocycles. The first kappa shape index (κ1) is 16.8. The van der Waals surface area contributed by atoms with Gasteiger partial charge in [0.1, 0.15) is 0 Å². The van der Waals surface area contributed by atoms with Gasteiger partial charge < -0.3 is 10.2 Å². The molecule has 0 bridgehead atoms. The first-order chi connectivity index (χ1) is 11.6. The molecule has 1 saturated heterocycles. The predicted molar refractivity (Wildman–Crippen MR) is 99.8 cm³/mol. The van der Waals surface area contributed by atoms with E-state index in [1.165, 1.54) is 5.69 Å². The van der Waals surface area contributed by atoms with Gasteiger partial charge in [-0.3, -0.25) is 9.69 Å². The fraction of sp³-hybridized carbons (Fsp3) is 0.316. The van der Waals surface area contributed by atoms with E-state index in [2.05, 4.69) is 39.4 Å². The van der Waals surface area contributed by atoms with Gasteiger partial charge in [-0.25, -0.2) is 0 Å². The summed E-state index contributed by atoms with van der Waals surface area (Å²) in [6.45, 7) is 5.56. The van der Waals surface area contributed by atoms with Crippen LogP contribution in [0.4, 0.5) is 11.4 Å². The minimum absolute atomic E-state index is 0.00503. The third kappa shape index (κ3) is 4.08. The maximum absolute atomic E-state index is 12.5. The summed E-state index contributed by atoms with van der Waals surface area (Å²) in [6, 6.07) is 17.5. The normalized spacial score (nSPS) is 16.7. The van der Waals surface area contributed by atoms with Crippen molar-refractivity contribution in [1.82, 2.24) is 4.90 Å². The van der Waals surface area contributed by atoms with Crippen LogP contribution in [0.25, 0.3) is 0 Å². The number of hydrogen-bond donors (Lipinski definition) is 1. The van der Waals surface area contributed by atoms with Crippen LogP contribution in [0, 0.1) is 0 Å². The molecule has 0 unspecified atom stereocenters. The largest absolute Gasteiger partial charge is 0.369 e. The van der Waals surface area contributed by atoms with E-state index in [0.29, 0.717) is 5.02 Å². The number of hydrogen-bond acceptors (Lipinski definition) is 3. The van der Waals surface area contributed by atoms with Crippen molar-refractivity contribution >= 4 is 28.9 Å². The molecule has 3 rings (SSSR count). The monoisotopic (exact) mass is 343 g/mol. The van der Waals surface area contributed by atoms with Crippen molar-refractivity contribution in [2.75, 3.05) is 36.4 Å². The molecular weight excluding hydrogens is 322 g/mol. The number of benzene rings is 2. The number of nitrogens with one attached hydrogen (secondary N) is 1. The van der Waals surface area contributed by atoms with E-state index in [1.54, 1.807) is 12.1 Å². The van der Waals surface area contributed by atoms with Crippen molar-refractivity contribution in [3.63, 3.8) is 0 Å². The van der Waals surface area contributed by atoms with E-state index in [4.69, 9.17) is 11.6 Å². The number of piperazine rings is 1. The van der Waals surface area contributed by atoms with E-state index >= 15 is 0 Å². The van der Waals surface area contributed by atoms with Crippen LogP contribution in [0.15, 0.2) is 54.6 Å². The maximum atomic E-state index is 12.5. The zero-order valence-corrected chi connectivity index (χ0v) is 14.5. The van der Waals surface area contributed by atoms with Crippen molar-refractivity contribution in [3.05, 3.63) is 59.6 Å². The fourth-order valence-corrected chi connectivity index (χ4v) is 3.18. The first-order valence-corrected chi connectivity index (χ1v) is 8.62. The Morgan fingerprint density at radius 2 is 1.75 bits per heavy atom. The predicted octanol–water partition coefficient (Wildman–Crippen LogP) is 3.49. The van der Waals surface area contributed by atoms with E-state index in [9.17, 15) is 4.79 Å². The Balaban J connectivity index is 1.55. The van der Waals surface area contributed by atoms with Crippen molar-refractivity contribution < 1.29 is 4.79 Å². The molecule has 1 N–H and O–H groups in total. The van der Waals surface area contributed by atoms with Gasteiger partial charge in [0.2, 0.25) is 5.91 Å². The van der Waals surface area contributed by atoms with Gasteiger partial charge in [0.15, 0.2) is 0 Å². The molecule has 1 aliphatic rings. The number of carbonyl (C=O) groups excluding carboxylic acids is 1. The smallest absolute Gasteiger partial charge is 0.241 e. The lowest BCUT2D eigenvalue weighted by molar-refractivity contribution is -0.120. The van der Waals surface area contributed by atoms with Crippen molar-refractivity contribution in [2.24, 2.45) is 0 Å². The van der Waals surface area contributed by atoms with Crippen LogP contribution in [0.2, 0.25) is 5.02 Å². The number of carbonyl (C=O) groups is 1. The molecule has 1 heterocycles. The summed E-state index contributed by atoms with van der Waals surface area (Å²) in [6.07, 6.45) is 0. The second-order valence-electron chi connectivity index (χ2n) is 6.03. The topological polar surface area (TPSA) is 35.6 Å². The van der Waals surface area contributed by atoms with E-state index in [1.807, 2.05) is 25.1 Å². The SMILES string of the molecule is C[C@@H](C(=O)Nc1cccc(Cl)c1)N1CCN(c2ccccc2)CC1. The lowest BCUT2D eigenvalue weighted by atomic mass is 10.2. The highest BCUT2D eigenvalue weighted by atomic mass is 35.5. The molecule has 1 fully saturated rings. The lowest BCUT2D eigenvalue weighted by Gasteiger charge is -2.38. The molecule has 1 amide bonds. The van der Waals surface area contributed by atoms with Crippen LogP contribution in [-0.2, 0) is 4.79 Å². The van der Waals surface area contributed by atoms with Gasteiger partial charge in [-0.05, 0) is 37.3 Å². The molecule has 1 aliphatic heterocycles. The fourth-order valence-electron chi connectivity index (χ4n) is 2.98. The van der Waals surface area contributed by atoms with Crippen LogP contribution in [-0.4, -0.2) is 43.0 Å². The third-order valence-corrected chi connectivity index (χ3v) is 4.69. The molecule has 0 saturated carbocycles. The Morgan fingerprint density at radius 1 is 1.04 bits per heavy atom. The molecule has 2 aromatic carbocycles. The summed E-state index contributed by atoms with van der Waals surface area (Å²) in [4.78, 5) is 17.0. The minimum atomic E-state index is -0.165. The van der Waals surface area contributed by atoms with Gasteiger partial charge in [0, 0.05) is 42.6 Å². The summed E-state index contributed by atoms with van der Waals surface area (Å²) >= 11 is 5.96. The number of amides is 1. The Bertz CT molecular complexity index is 684. The van der Waals surface area contributed by atoms with E-state index in [0.717, 1.165) is 31.9 Å². The van der Waals surface area contributed by atoms with Crippen LogP contribution in [0.5, 0.6) is 0 Å². The van der Waals surface area contributed by atoms with Crippen LogP contribution >= 0.6 is 11.6 Å². The maximum Gasteiger partial charge on any atom is 0.241 e. The Kier molecular flexibility index (Phi) is 5.38. The average Bonchev–Trinajstić information content (AvgIpc) is 2.62. The van der Waals surface area contributed by atoms with Crippen LogP contribution in [0.1, 0.15) is 6.92 Å². The summed E-state index contributed by atoms with van der Waals surface area (Å²) in [5.74, 6) is 0.00503. The molecule has 2 aromatic rings. The van der Waals surface area contributed by atoms with E-state index in [-0.39, 0.29) is 11.9 Å². The van der Waals surface area contributed by atoms with Crippen LogP contribution in [0.3, 0.4) is 0 Å². The Labute approximate surface area is 148 Å². The second-order valence-corrected chi connectivity index (χ2v) is 6.47. The molecule has 1 atom stereocenters. The highest BCUT2D eigenvalue weighted by Crippen LogP contribution is 2.18. The number of halogens is 1. The second kappa shape index (κ2) is 7.69. The quantitative estimate of drug-likeness (QED) is 0.923. The van der Waals surface area contributed by atoms with Crippen molar-refractivity contribution in [2.45, 2.75) is 13.0 Å². The number of para-hydroxylation sites is 1. The average molecular weight is 344 g/mol. The van der Waals surface area contributed by atoms with Gasteiger partial charge in [-0.15, -0.1) is 0 Å². The third-order valence-electron chi connectivity index (χ3n) is 4.45. The minimum Gasteiger partial charge on any atom is -0.369 e. The highest BCUT2D eigenvalue weighted by Gasteiger charge is 2.25. The molecule has 5 heteroatoms. The Morgan fingerprint density at radius 3 is 2.42 bits per heavy atom. The molecule has 0 radical (unpaired) electrons. The van der Waals surface area contributed by atoms with Gasteiger partial charge in [0.25, 0.3) is 0 Å². The zero-order valence-electron chi connectivity index (χ0n) is 13.8. The molecule has 4 nitrogen and oxygen atoms in total. The number of nitrogens with zero attached hydrogens (tertiary/aromatic N) is 2. The first-order valence-electron chi connectivity index (χ1n) is 8.24. The summed E-state index contributed by atoms with van der Waals surface area (Å²) in [5.41, 5.74) is 1.98. The van der Waals surface area contributed by atoms with Crippen molar-refractivity contribution in [1.29, 1.82) is 0 Å². The summed E-state index contributed by atoms with van der Waals surface area (Å²) in [5, 5.41) is 3.57. The molecule has 0 spiro atoms. The van der Waals surface area contributed by atoms with Crippen molar-refractivity contribution in [3.8, 4) is 0 Å². The summed E-state index contributed by atoms with van der Waals surface area (Å²) in [7, 11) is 0. The number of rotatable bonds is 4. The zero-order chi connectivity index (χ0) is 16.9. The highest BCUT2D eigenvalue weighted by molar-refractivity contribution is 6.30.